The Morgan fingerprint density at radius 2 is 2.14 bits per heavy atom. The molecule has 1 saturated carbocycles. The summed E-state index contributed by atoms with van der Waals surface area (Å²) in [5, 5.41) is 3.59. The molecule has 0 aromatic heterocycles. The van der Waals surface area contributed by atoms with Gasteiger partial charge in [0.1, 0.15) is 5.75 Å². The molecule has 3 nitrogen and oxygen atoms in total. The Hall–Kier alpha value is -1.22. The van der Waals surface area contributed by atoms with E-state index in [1.807, 2.05) is 0 Å². The first-order valence-electron chi connectivity index (χ1n) is 8.19. The average Bonchev–Trinajstić information content (AvgIpc) is 3.18. The van der Waals surface area contributed by atoms with E-state index in [0.29, 0.717) is 6.04 Å². The minimum atomic E-state index is 0.301. The normalized spacial score (nSPS) is 22.0. The summed E-state index contributed by atoms with van der Waals surface area (Å²) in [4.78, 5) is 2.40. The lowest BCUT2D eigenvalue weighted by Crippen LogP contribution is -2.26. The molecule has 0 aliphatic heterocycles. The van der Waals surface area contributed by atoms with Gasteiger partial charge in [-0.25, -0.2) is 0 Å². The van der Waals surface area contributed by atoms with Crippen LogP contribution in [0.3, 0.4) is 0 Å². The van der Waals surface area contributed by atoms with Crippen LogP contribution in [0.5, 0.6) is 5.75 Å². The van der Waals surface area contributed by atoms with E-state index in [9.17, 15) is 0 Å². The van der Waals surface area contributed by atoms with Crippen molar-refractivity contribution in [3.05, 3.63) is 23.8 Å². The summed E-state index contributed by atoms with van der Waals surface area (Å²) in [6.45, 7) is 8.94. The van der Waals surface area contributed by atoms with E-state index < -0.39 is 0 Å². The van der Waals surface area contributed by atoms with Gasteiger partial charge in [-0.1, -0.05) is 19.9 Å². The van der Waals surface area contributed by atoms with Crippen molar-refractivity contribution in [2.45, 2.75) is 39.7 Å². The lowest BCUT2D eigenvalue weighted by Gasteiger charge is -2.27. The second-order valence-electron chi connectivity index (χ2n) is 6.42. The number of rotatable bonds is 8. The highest BCUT2D eigenvalue weighted by molar-refractivity contribution is 5.60. The predicted octanol–water partition coefficient (Wildman–Crippen LogP) is 3.85. The molecule has 0 amide bonds. The molecule has 2 rings (SSSR count). The van der Waals surface area contributed by atoms with E-state index in [0.717, 1.165) is 37.1 Å². The van der Waals surface area contributed by atoms with E-state index in [-0.39, 0.29) is 0 Å². The molecule has 0 saturated heterocycles. The Labute approximate surface area is 129 Å². The summed E-state index contributed by atoms with van der Waals surface area (Å²) in [6.07, 6.45) is 2.51. The Kier molecular flexibility index (Phi) is 5.51. The summed E-state index contributed by atoms with van der Waals surface area (Å²) >= 11 is 0. The minimum Gasteiger partial charge on any atom is -0.496 e. The smallest absolute Gasteiger partial charge is 0.125 e. The van der Waals surface area contributed by atoms with Crippen molar-refractivity contribution < 1.29 is 4.74 Å². The van der Waals surface area contributed by atoms with E-state index >= 15 is 0 Å². The summed E-state index contributed by atoms with van der Waals surface area (Å²) < 4.78 is 5.61. The Morgan fingerprint density at radius 3 is 2.71 bits per heavy atom. The highest BCUT2D eigenvalue weighted by Gasteiger charge is 2.33. The molecule has 1 fully saturated rings. The number of hydrogen-bond acceptors (Lipinski definition) is 3. The molecule has 0 radical (unpaired) electrons. The summed E-state index contributed by atoms with van der Waals surface area (Å²) in [7, 11) is 3.97. The van der Waals surface area contributed by atoms with Crippen molar-refractivity contribution >= 4 is 5.69 Å². The third-order valence-electron chi connectivity index (χ3n) is 4.59. The molecule has 1 aliphatic rings. The van der Waals surface area contributed by atoms with Crippen LogP contribution in [0, 0.1) is 11.8 Å². The van der Waals surface area contributed by atoms with Crippen LogP contribution in [0.15, 0.2) is 18.2 Å². The van der Waals surface area contributed by atoms with Crippen molar-refractivity contribution in [1.29, 1.82) is 0 Å². The van der Waals surface area contributed by atoms with Gasteiger partial charge in [-0.15, -0.1) is 0 Å². The zero-order valence-corrected chi connectivity index (χ0v) is 14.1. The van der Waals surface area contributed by atoms with Crippen molar-refractivity contribution in [1.82, 2.24) is 5.32 Å². The van der Waals surface area contributed by atoms with Gasteiger partial charge < -0.3 is 15.0 Å². The topological polar surface area (TPSA) is 24.5 Å². The zero-order chi connectivity index (χ0) is 15.4. The molecule has 1 N–H and O–H groups in total. The maximum Gasteiger partial charge on any atom is 0.125 e. The first-order chi connectivity index (χ1) is 10.1. The van der Waals surface area contributed by atoms with E-state index in [4.69, 9.17) is 4.74 Å². The molecule has 21 heavy (non-hydrogen) atoms. The van der Waals surface area contributed by atoms with Crippen LogP contribution in [-0.4, -0.2) is 27.2 Å². The quantitative estimate of drug-likeness (QED) is 0.787. The van der Waals surface area contributed by atoms with Gasteiger partial charge in [-0.3, -0.25) is 0 Å². The largest absolute Gasteiger partial charge is 0.496 e. The molecule has 1 aromatic carbocycles. The van der Waals surface area contributed by atoms with E-state index in [1.54, 1.807) is 7.11 Å². The van der Waals surface area contributed by atoms with Crippen molar-refractivity contribution in [3.8, 4) is 5.75 Å². The Morgan fingerprint density at radius 1 is 1.43 bits per heavy atom. The van der Waals surface area contributed by atoms with Gasteiger partial charge in [0.2, 0.25) is 0 Å². The van der Waals surface area contributed by atoms with Crippen molar-refractivity contribution in [3.63, 3.8) is 0 Å². The van der Waals surface area contributed by atoms with Crippen LogP contribution in [0.2, 0.25) is 0 Å². The van der Waals surface area contributed by atoms with Gasteiger partial charge >= 0.3 is 0 Å². The number of nitrogens with one attached hydrogen (secondary N) is 1. The minimum absolute atomic E-state index is 0.301. The summed E-state index contributed by atoms with van der Waals surface area (Å²) in [5.74, 6) is 2.73. The van der Waals surface area contributed by atoms with Gasteiger partial charge in [0.05, 0.1) is 7.11 Å². The van der Waals surface area contributed by atoms with Crippen LogP contribution in [0.1, 0.15) is 45.2 Å². The fourth-order valence-electron chi connectivity index (χ4n) is 3.04. The molecule has 3 atom stereocenters. The van der Waals surface area contributed by atoms with Crippen LogP contribution >= 0.6 is 0 Å². The third kappa shape index (κ3) is 3.91. The third-order valence-corrected chi connectivity index (χ3v) is 4.59. The second kappa shape index (κ2) is 7.17. The first-order valence-corrected chi connectivity index (χ1v) is 8.19. The molecular formula is C18H30N2O. The van der Waals surface area contributed by atoms with Crippen LogP contribution in [-0.2, 0) is 0 Å². The highest BCUT2D eigenvalue weighted by atomic mass is 16.5. The lowest BCUT2D eigenvalue weighted by molar-refractivity contribution is 0.401. The maximum absolute atomic E-state index is 5.61. The molecule has 1 aromatic rings. The molecule has 0 spiro atoms. The molecule has 0 heterocycles. The van der Waals surface area contributed by atoms with Gasteiger partial charge in [-0.2, -0.15) is 0 Å². The van der Waals surface area contributed by atoms with Crippen LogP contribution < -0.4 is 15.0 Å². The van der Waals surface area contributed by atoms with Gasteiger partial charge in [0.25, 0.3) is 0 Å². The predicted molar refractivity (Wildman–Crippen MR) is 90.2 cm³/mol. The second-order valence-corrected chi connectivity index (χ2v) is 6.42. The van der Waals surface area contributed by atoms with Crippen molar-refractivity contribution in [2.75, 3.05) is 32.1 Å². The standard InChI is InChI=1S/C18H30N2O/c1-6-10-19-14(3)18-16(8-7-9-17(18)21-5)20(4)12-15-11-13(15)2/h7-9,13-15,19H,6,10-12H2,1-5H3. The lowest BCUT2D eigenvalue weighted by atomic mass is 10.0. The zero-order valence-electron chi connectivity index (χ0n) is 14.1. The van der Waals surface area contributed by atoms with Gasteiger partial charge in [-0.05, 0) is 50.3 Å². The molecule has 3 unspecified atom stereocenters. The molecule has 1 aliphatic carbocycles. The van der Waals surface area contributed by atoms with Gasteiger partial charge in [0, 0.05) is 30.9 Å². The number of hydrogen-bond donors (Lipinski definition) is 1. The number of methoxy groups -OCH3 is 1. The number of benzene rings is 1. The van der Waals surface area contributed by atoms with Crippen molar-refractivity contribution in [2.24, 2.45) is 11.8 Å². The monoisotopic (exact) mass is 290 g/mol. The Balaban J connectivity index is 2.21. The maximum atomic E-state index is 5.61. The number of ether oxygens (including phenoxy) is 1. The molecule has 3 heteroatoms. The highest BCUT2D eigenvalue weighted by Crippen LogP contribution is 2.40. The molecule has 118 valence electrons. The average molecular weight is 290 g/mol. The Bertz CT molecular complexity index is 461. The SMILES string of the molecule is CCCNC(C)c1c(OC)cccc1N(C)CC1CC1C. The fourth-order valence-corrected chi connectivity index (χ4v) is 3.04. The van der Waals surface area contributed by atoms with Gasteiger partial charge in [0.15, 0.2) is 0 Å². The van der Waals surface area contributed by atoms with Crippen LogP contribution in [0.4, 0.5) is 5.69 Å². The fraction of sp³-hybridized carbons (Fsp3) is 0.667. The van der Waals surface area contributed by atoms with E-state index in [1.165, 1.54) is 17.7 Å². The summed E-state index contributed by atoms with van der Waals surface area (Å²) in [6, 6.07) is 6.68. The number of nitrogens with zero attached hydrogens (tertiary/aromatic N) is 1. The number of anilines is 1. The van der Waals surface area contributed by atoms with E-state index in [2.05, 4.69) is 56.2 Å². The van der Waals surface area contributed by atoms with Crippen LogP contribution in [0.25, 0.3) is 0 Å². The molecule has 0 bridgehead atoms. The summed E-state index contributed by atoms with van der Waals surface area (Å²) in [5.41, 5.74) is 2.58. The first kappa shape index (κ1) is 16.2. The molecular weight excluding hydrogens is 260 g/mol.